The van der Waals surface area contributed by atoms with Gasteiger partial charge in [-0.25, -0.2) is 4.98 Å². The summed E-state index contributed by atoms with van der Waals surface area (Å²) in [7, 11) is 0. The molecule has 0 bridgehead atoms. The summed E-state index contributed by atoms with van der Waals surface area (Å²) < 4.78 is 39.0. The fourth-order valence-corrected chi connectivity index (χ4v) is 3.52. The van der Waals surface area contributed by atoms with E-state index in [1.165, 1.54) is 31.2 Å². The molecule has 0 spiro atoms. The number of amides is 2. The lowest BCUT2D eigenvalue weighted by Gasteiger charge is -2.19. The van der Waals surface area contributed by atoms with E-state index in [0.29, 0.717) is 5.69 Å². The Morgan fingerprint density at radius 2 is 2.07 bits per heavy atom. The van der Waals surface area contributed by atoms with Crippen LogP contribution < -0.4 is 10.2 Å². The molecular weight excluding hydrogens is 403 g/mol. The molecule has 29 heavy (non-hydrogen) atoms. The molecule has 0 aliphatic rings. The van der Waals surface area contributed by atoms with Gasteiger partial charge in [0.15, 0.2) is 5.13 Å². The molecule has 1 aromatic carbocycles. The van der Waals surface area contributed by atoms with Crippen molar-refractivity contribution in [1.29, 1.82) is 0 Å². The number of carbonyl (C=O) groups excluding carboxylic acids is 2. The third-order valence-electron chi connectivity index (χ3n) is 3.96. The lowest BCUT2D eigenvalue weighted by atomic mass is 10.2. The smallest absolute Gasteiger partial charge is 0.350 e. The fraction of sp³-hybridized carbons (Fsp3) is 0.350. The highest BCUT2D eigenvalue weighted by atomic mass is 32.1. The second-order valence-corrected chi connectivity index (χ2v) is 7.33. The predicted octanol–water partition coefficient (Wildman–Crippen LogP) is 5.16. The molecule has 1 atom stereocenters. The minimum absolute atomic E-state index is 0.0530. The summed E-state index contributed by atoms with van der Waals surface area (Å²) in [5, 5.41) is 4.67. The molecule has 0 radical (unpaired) electrons. The number of hydrogen-bond acceptors (Lipinski definition) is 4. The number of alkyl halides is 3. The summed E-state index contributed by atoms with van der Waals surface area (Å²) >= 11 is 1.10. The minimum Gasteiger partial charge on any atom is -0.350 e. The van der Waals surface area contributed by atoms with Crippen LogP contribution in [0.15, 0.2) is 35.7 Å². The van der Waals surface area contributed by atoms with Crippen LogP contribution in [0.5, 0.6) is 0 Å². The third-order valence-corrected chi connectivity index (χ3v) is 4.81. The molecule has 1 unspecified atom stereocenters. The highest BCUT2D eigenvalue weighted by molar-refractivity contribution is 7.14. The van der Waals surface area contributed by atoms with Gasteiger partial charge in [0.05, 0.1) is 16.9 Å². The molecule has 0 saturated carbocycles. The molecule has 9 heteroatoms. The summed E-state index contributed by atoms with van der Waals surface area (Å²) in [5.74, 6) is -0.734. The molecule has 0 aliphatic carbocycles. The van der Waals surface area contributed by atoms with Crippen molar-refractivity contribution in [3.8, 4) is 0 Å². The van der Waals surface area contributed by atoms with Crippen molar-refractivity contribution in [3.63, 3.8) is 0 Å². The summed E-state index contributed by atoms with van der Waals surface area (Å²) in [5.41, 5.74) is -0.347. The van der Waals surface area contributed by atoms with Crippen LogP contribution in [0.25, 0.3) is 6.08 Å². The van der Waals surface area contributed by atoms with Gasteiger partial charge in [-0.3, -0.25) is 14.5 Å². The van der Waals surface area contributed by atoms with Crippen molar-refractivity contribution in [2.75, 3.05) is 4.90 Å². The zero-order valence-corrected chi connectivity index (χ0v) is 17.1. The Labute approximate surface area is 171 Å². The summed E-state index contributed by atoms with van der Waals surface area (Å²) in [4.78, 5) is 29.4. The number of hydrogen-bond donors (Lipinski definition) is 1. The van der Waals surface area contributed by atoms with Gasteiger partial charge in [0.2, 0.25) is 11.8 Å². The number of aromatic nitrogens is 1. The van der Waals surface area contributed by atoms with E-state index >= 15 is 0 Å². The molecule has 1 heterocycles. The molecule has 2 aromatic rings. The van der Waals surface area contributed by atoms with Gasteiger partial charge in [-0.2, -0.15) is 13.2 Å². The van der Waals surface area contributed by atoms with Gasteiger partial charge in [0, 0.05) is 24.4 Å². The molecule has 1 aromatic heterocycles. The lowest BCUT2D eigenvalue weighted by molar-refractivity contribution is -0.137. The maximum Gasteiger partial charge on any atom is 0.416 e. The Morgan fingerprint density at radius 3 is 2.69 bits per heavy atom. The van der Waals surface area contributed by atoms with Crippen molar-refractivity contribution in [2.24, 2.45) is 0 Å². The minimum atomic E-state index is -4.52. The number of benzene rings is 1. The Bertz CT molecular complexity index is 893. The van der Waals surface area contributed by atoms with Crippen LogP contribution in [0.2, 0.25) is 0 Å². The number of nitrogens with zero attached hydrogens (tertiary/aromatic N) is 2. The number of rotatable bonds is 7. The van der Waals surface area contributed by atoms with Crippen molar-refractivity contribution < 1.29 is 22.8 Å². The van der Waals surface area contributed by atoms with Crippen molar-refractivity contribution in [1.82, 2.24) is 10.3 Å². The number of nitrogens with one attached hydrogen (secondary N) is 1. The quantitative estimate of drug-likeness (QED) is 0.623. The second kappa shape index (κ2) is 9.69. The van der Waals surface area contributed by atoms with Crippen LogP contribution in [0, 0.1) is 0 Å². The Morgan fingerprint density at radius 1 is 1.34 bits per heavy atom. The number of halogens is 3. The van der Waals surface area contributed by atoms with E-state index in [9.17, 15) is 22.8 Å². The molecule has 2 amide bonds. The van der Waals surface area contributed by atoms with Gasteiger partial charge in [0.1, 0.15) is 0 Å². The summed E-state index contributed by atoms with van der Waals surface area (Å²) in [6.45, 7) is 5.19. The second-order valence-electron chi connectivity index (χ2n) is 6.49. The lowest BCUT2D eigenvalue weighted by Crippen LogP contribution is -2.30. The predicted molar refractivity (Wildman–Crippen MR) is 108 cm³/mol. The van der Waals surface area contributed by atoms with Crippen molar-refractivity contribution >= 4 is 40.0 Å². The van der Waals surface area contributed by atoms with Gasteiger partial charge in [-0.15, -0.1) is 11.3 Å². The first-order valence-corrected chi connectivity index (χ1v) is 9.91. The summed E-state index contributed by atoms with van der Waals surface area (Å²) in [6, 6.07) is 4.55. The zero-order chi connectivity index (χ0) is 21.6. The molecule has 0 saturated heterocycles. The van der Waals surface area contributed by atoms with Gasteiger partial charge in [-0.1, -0.05) is 19.4 Å². The van der Waals surface area contributed by atoms with Gasteiger partial charge >= 0.3 is 6.18 Å². The van der Waals surface area contributed by atoms with E-state index < -0.39 is 17.6 Å². The third kappa shape index (κ3) is 6.42. The standard InChI is InChI=1S/C20H22F3N3O2S/c1-4-6-13(2)24-18(28)10-9-16-12-29-19(25-16)26(14(3)27)17-8-5-7-15(11-17)20(21,22)23/h5,7-13H,4,6H2,1-3H3,(H,24,28)/b10-9+. The Kier molecular flexibility index (Phi) is 7.55. The van der Waals surface area contributed by atoms with Crippen molar-refractivity contribution in [2.45, 2.75) is 45.8 Å². The number of carbonyl (C=O) groups is 2. The van der Waals surface area contributed by atoms with Crippen LogP contribution >= 0.6 is 11.3 Å². The highest BCUT2D eigenvalue weighted by Crippen LogP contribution is 2.35. The fourth-order valence-electron chi connectivity index (χ4n) is 2.66. The largest absolute Gasteiger partial charge is 0.416 e. The molecule has 156 valence electrons. The van der Waals surface area contributed by atoms with Crippen LogP contribution in [-0.2, 0) is 15.8 Å². The van der Waals surface area contributed by atoms with E-state index in [-0.39, 0.29) is 22.8 Å². The van der Waals surface area contributed by atoms with E-state index in [1.54, 1.807) is 5.38 Å². The van der Waals surface area contributed by atoms with Crippen LogP contribution in [-0.4, -0.2) is 22.8 Å². The Balaban J connectivity index is 2.21. The average molecular weight is 425 g/mol. The first-order valence-electron chi connectivity index (χ1n) is 9.04. The van der Waals surface area contributed by atoms with Crippen LogP contribution in [0.3, 0.4) is 0 Å². The molecule has 2 rings (SSSR count). The van der Waals surface area contributed by atoms with E-state index in [2.05, 4.69) is 10.3 Å². The molecular formula is C20H22F3N3O2S. The number of anilines is 2. The number of thiazole rings is 1. The van der Waals surface area contributed by atoms with E-state index in [0.717, 1.165) is 41.2 Å². The average Bonchev–Trinajstić information content (AvgIpc) is 3.08. The monoisotopic (exact) mass is 425 g/mol. The van der Waals surface area contributed by atoms with E-state index in [4.69, 9.17) is 0 Å². The molecule has 1 N–H and O–H groups in total. The SMILES string of the molecule is CCCC(C)NC(=O)/C=C/c1csc(N(C(C)=O)c2cccc(C(F)(F)F)c2)n1. The van der Waals surface area contributed by atoms with Gasteiger partial charge < -0.3 is 5.32 Å². The maximum absolute atomic E-state index is 13.0. The molecule has 0 aliphatic heterocycles. The maximum atomic E-state index is 13.0. The molecule has 5 nitrogen and oxygen atoms in total. The van der Waals surface area contributed by atoms with Gasteiger partial charge in [0.25, 0.3) is 0 Å². The molecule has 0 fully saturated rings. The Hall–Kier alpha value is -2.68. The van der Waals surface area contributed by atoms with Crippen molar-refractivity contribution in [3.05, 3.63) is 47.0 Å². The zero-order valence-electron chi connectivity index (χ0n) is 16.3. The van der Waals surface area contributed by atoms with E-state index in [1.807, 2.05) is 13.8 Å². The first-order chi connectivity index (χ1) is 13.6. The van der Waals surface area contributed by atoms with Crippen LogP contribution in [0.1, 0.15) is 44.9 Å². The summed E-state index contributed by atoms with van der Waals surface area (Å²) in [6.07, 6.45) is 0.144. The van der Waals surface area contributed by atoms with Crippen LogP contribution in [0.4, 0.5) is 24.0 Å². The van der Waals surface area contributed by atoms with Gasteiger partial charge in [-0.05, 0) is 37.6 Å². The highest BCUT2D eigenvalue weighted by Gasteiger charge is 2.31. The normalized spacial score (nSPS) is 12.8. The first kappa shape index (κ1) is 22.6. The topological polar surface area (TPSA) is 62.3 Å².